The fourth-order valence-corrected chi connectivity index (χ4v) is 3.34. The second-order valence-corrected chi connectivity index (χ2v) is 7.01. The van der Waals surface area contributed by atoms with Gasteiger partial charge in [-0.25, -0.2) is 0 Å². The summed E-state index contributed by atoms with van der Waals surface area (Å²) in [6.07, 6.45) is 0. The second kappa shape index (κ2) is 7.34. The maximum Gasteiger partial charge on any atom is 0.0781 e. The third-order valence-corrected chi connectivity index (χ3v) is 5.18. The Morgan fingerprint density at radius 3 is 2.33 bits per heavy atom. The lowest BCUT2D eigenvalue weighted by Crippen LogP contribution is -2.22. The first-order valence-corrected chi connectivity index (χ1v) is 8.47. The highest BCUT2D eigenvalue weighted by Gasteiger charge is 2.16. The molecule has 2 aromatic rings. The molecule has 2 aromatic carbocycles. The van der Waals surface area contributed by atoms with E-state index in [-0.39, 0.29) is 12.1 Å². The molecule has 0 aliphatic rings. The zero-order chi connectivity index (χ0) is 15.6. The van der Waals surface area contributed by atoms with Gasteiger partial charge in [0.1, 0.15) is 0 Å². The van der Waals surface area contributed by atoms with Gasteiger partial charge in [-0.3, -0.25) is 0 Å². The van der Waals surface area contributed by atoms with Crippen LogP contribution in [0, 0.1) is 0 Å². The molecule has 2 rings (SSSR count). The predicted molar refractivity (Wildman–Crippen MR) is 95.6 cm³/mol. The molecule has 5 heteroatoms. The minimum atomic E-state index is 0.0567. The van der Waals surface area contributed by atoms with Gasteiger partial charge in [-0.05, 0) is 43.2 Å². The summed E-state index contributed by atoms with van der Waals surface area (Å²) in [5.41, 5.74) is 2.14. The maximum atomic E-state index is 6.28. The molecule has 0 fully saturated rings. The van der Waals surface area contributed by atoms with Crippen molar-refractivity contribution in [3.8, 4) is 0 Å². The van der Waals surface area contributed by atoms with Gasteiger partial charge in [-0.1, -0.05) is 68.9 Å². The third kappa shape index (κ3) is 4.14. The summed E-state index contributed by atoms with van der Waals surface area (Å²) in [5.74, 6) is 0. The van der Waals surface area contributed by atoms with E-state index in [1.807, 2.05) is 18.2 Å². The minimum Gasteiger partial charge on any atom is -0.304 e. The topological polar surface area (TPSA) is 12.0 Å². The molecule has 0 saturated heterocycles. The fourth-order valence-electron chi connectivity index (χ4n) is 2.21. The second-order valence-electron chi connectivity index (χ2n) is 4.93. The van der Waals surface area contributed by atoms with Crippen molar-refractivity contribution in [3.63, 3.8) is 0 Å². The average molecular weight is 408 g/mol. The number of rotatable bonds is 4. The highest BCUT2D eigenvalue weighted by Crippen LogP contribution is 2.36. The van der Waals surface area contributed by atoms with Crippen LogP contribution in [0.2, 0.25) is 15.1 Å². The van der Waals surface area contributed by atoms with E-state index in [4.69, 9.17) is 34.8 Å². The van der Waals surface area contributed by atoms with Crippen molar-refractivity contribution in [2.24, 2.45) is 0 Å². The van der Waals surface area contributed by atoms with Gasteiger partial charge in [0.25, 0.3) is 0 Å². The summed E-state index contributed by atoms with van der Waals surface area (Å²) < 4.78 is 1.06. The molecule has 0 radical (unpaired) electrons. The lowest BCUT2D eigenvalue weighted by molar-refractivity contribution is 0.494. The molecule has 0 spiro atoms. The van der Waals surface area contributed by atoms with Crippen molar-refractivity contribution in [1.29, 1.82) is 0 Å². The monoisotopic (exact) mass is 405 g/mol. The Kier molecular flexibility index (Phi) is 5.98. The molecular weight excluding hydrogens is 392 g/mol. The van der Waals surface area contributed by atoms with E-state index in [9.17, 15) is 0 Å². The highest BCUT2D eigenvalue weighted by atomic mass is 79.9. The highest BCUT2D eigenvalue weighted by molar-refractivity contribution is 9.10. The number of benzene rings is 2. The van der Waals surface area contributed by atoms with Crippen LogP contribution < -0.4 is 5.32 Å². The first-order valence-electron chi connectivity index (χ1n) is 6.55. The molecule has 0 saturated carbocycles. The smallest absolute Gasteiger partial charge is 0.0781 e. The minimum absolute atomic E-state index is 0.0567. The largest absolute Gasteiger partial charge is 0.304 e. The molecule has 112 valence electrons. The van der Waals surface area contributed by atoms with Crippen LogP contribution in [-0.2, 0) is 0 Å². The molecule has 0 aliphatic carbocycles. The van der Waals surface area contributed by atoms with Crippen LogP contribution in [0.5, 0.6) is 0 Å². The van der Waals surface area contributed by atoms with Gasteiger partial charge in [0, 0.05) is 16.6 Å². The normalized spacial score (nSPS) is 14.0. The van der Waals surface area contributed by atoms with Crippen molar-refractivity contribution in [1.82, 2.24) is 5.32 Å². The molecule has 1 N–H and O–H groups in total. The van der Waals surface area contributed by atoms with Crippen LogP contribution in [0.15, 0.2) is 40.9 Å². The zero-order valence-electron chi connectivity index (χ0n) is 11.6. The molecule has 0 amide bonds. The van der Waals surface area contributed by atoms with Crippen molar-refractivity contribution in [2.75, 3.05) is 0 Å². The van der Waals surface area contributed by atoms with Crippen LogP contribution >= 0.6 is 50.7 Å². The summed E-state index contributed by atoms with van der Waals surface area (Å²) in [4.78, 5) is 0. The quantitative estimate of drug-likeness (QED) is 0.548. The summed E-state index contributed by atoms with van der Waals surface area (Å²) in [7, 11) is 0. The molecular formula is C16H15BrCl3N. The first kappa shape index (κ1) is 17.1. The molecule has 0 aromatic heterocycles. The Hall–Kier alpha value is -0.250. The van der Waals surface area contributed by atoms with Crippen molar-refractivity contribution >= 4 is 50.7 Å². The predicted octanol–water partition coefficient (Wildman–Crippen LogP) is 6.82. The van der Waals surface area contributed by atoms with E-state index < -0.39 is 0 Å². The SMILES string of the molecule is CC(NC(C)c1ccc(Cl)c(Cl)c1Cl)c1cccc(Br)c1. The van der Waals surface area contributed by atoms with Crippen LogP contribution in [-0.4, -0.2) is 0 Å². The van der Waals surface area contributed by atoms with E-state index in [0.29, 0.717) is 15.1 Å². The Morgan fingerprint density at radius 1 is 0.952 bits per heavy atom. The molecule has 0 bridgehead atoms. The lowest BCUT2D eigenvalue weighted by Gasteiger charge is -2.22. The van der Waals surface area contributed by atoms with E-state index in [0.717, 1.165) is 10.0 Å². The van der Waals surface area contributed by atoms with Crippen molar-refractivity contribution < 1.29 is 0 Å². The number of hydrogen-bond acceptors (Lipinski definition) is 1. The molecule has 0 aliphatic heterocycles. The van der Waals surface area contributed by atoms with Gasteiger partial charge >= 0.3 is 0 Å². The zero-order valence-corrected chi connectivity index (χ0v) is 15.5. The Bertz CT molecular complexity index is 645. The Balaban J connectivity index is 2.18. The Labute approximate surface area is 148 Å². The summed E-state index contributed by atoms with van der Waals surface area (Å²) in [5, 5.41) is 4.90. The summed E-state index contributed by atoms with van der Waals surface area (Å²) >= 11 is 21.8. The standard InChI is InChI=1S/C16H15BrCl3N/c1-9(11-4-3-5-12(17)8-11)21-10(2)13-6-7-14(18)16(20)15(13)19/h3-10,21H,1-2H3. The molecule has 0 heterocycles. The van der Waals surface area contributed by atoms with E-state index >= 15 is 0 Å². The molecule has 21 heavy (non-hydrogen) atoms. The van der Waals surface area contributed by atoms with E-state index in [1.54, 1.807) is 6.07 Å². The lowest BCUT2D eigenvalue weighted by atomic mass is 10.0. The van der Waals surface area contributed by atoms with Gasteiger partial charge in [0.05, 0.1) is 15.1 Å². The van der Waals surface area contributed by atoms with Crippen LogP contribution in [0.3, 0.4) is 0 Å². The van der Waals surface area contributed by atoms with Gasteiger partial charge < -0.3 is 5.32 Å². The first-order chi connectivity index (χ1) is 9.90. The summed E-state index contributed by atoms with van der Waals surface area (Å²) in [6.45, 7) is 4.17. The maximum absolute atomic E-state index is 6.28. The Morgan fingerprint density at radius 2 is 1.67 bits per heavy atom. The van der Waals surface area contributed by atoms with Gasteiger partial charge in [0.2, 0.25) is 0 Å². The number of nitrogens with one attached hydrogen (secondary N) is 1. The van der Waals surface area contributed by atoms with Crippen molar-refractivity contribution in [3.05, 3.63) is 67.1 Å². The van der Waals surface area contributed by atoms with Gasteiger partial charge in [0.15, 0.2) is 0 Å². The van der Waals surface area contributed by atoms with Crippen LogP contribution in [0.1, 0.15) is 37.1 Å². The van der Waals surface area contributed by atoms with Crippen LogP contribution in [0.25, 0.3) is 0 Å². The molecule has 1 nitrogen and oxygen atoms in total. The number of halogens is 4. The average Bonchev–Trinajstić information content (AvgIpc) is 2.44. The third-order valence-electron chi connectivity index (χ3n) is 3.38. The van der Waals surface area contributed by atoms with Gasteiger partial charge in [-0.2, -0.15) is 0 Å². The van der Waals surface area contributed by atoms with E-state index in [1.165, 1.54) is 5.56 Å². The fraction of sp³-hybridized carbons (Fsp3) is 0.250. The summed E-state index contributed by atoms with van der Waals surface area (Å²) in [6, 6.07) is 12.1. The number of hydrogen-bond donors (Lipinski definition) is 1. The van der Waals surface area contributed by atoms with Crippen molar-refractivity contribution in [2.45, 2.75) is 25.9 Å². The van der Waals surface area contributed by atoms with Crippen LogP contribution in [0.4, 0.5) is 0 Å². The molecule has 2 unspecified atom stereocenters. The molecule has 2 atom stereocenters. The van der Waals surface area contributed by atoms with Gasteiger partial charge in [-0.15, -0.1) is 0 Å². The van der Waals surface area contributed by atoms with E-state index in [2.05, 4.69) is 47.2 Å².